The molecule has 0 aliphatic rings. The van der Waals surface area contributed by atoms with Gasteiger partial charge in [-0.15, -0.1) is 0 Å². The fourth-order valence-electron chi connectivity index (χ4n) is 1.87. The largest absolute Gasteiger partial charge is 0.403 e. The molecular weight excluding hydrogens is 242 g/mol. The molecule has 92 valence electrons. The van der Waals surface area contributed by atoms with Gasteiger partial charge in [-0.05, 0) is 30.3 Å². The molecule has 4 nitrogen and oxygen atoms in total. The molecular formula is C15H9NO3. The highest BCUT2D eigenvalue weighted by Crippen LogP contribution is 2.18. The van der Waals surface area contributed by atoms with Crippen molar-refractivity contribution in [2.45, 2.75) is 0 Å². The van der Waals surface area contributed by atoms with E-state index in [2.05, 4.69) is 4.98 Å². The molecule has 0 unspecified atom stereocenters. The maximum absolute atomic E-state index is 11.9. The summed E-state index contributed by atoms with van der Waals surface area (Å²) in [6.45, 7) is 0. The molecule has 0 spiro atoms. The first-order chi connectivity index (χ1) is 9.28. The van der Waals surface area contributed by atoms with Crippen molar-refractivity contribution in [2.75, 3.05) is 0 Å². The van der Waals surface area contributed by atoms with Gasteiger partial charge < -0.3 is 4.42 Å². The van der Waals surface area contributed by atoms with Gasteiger partial charge in [0.25, 0.3) is 0 Å². The minimum atomic E-state index is -0.493. The lowest BCUT2D eigenvalue weighted by Gasteiger charge is -2.01. The van der Waals surface area contributed by atoms with Crippen molar-refractivity contribution in [1.29, 1.82) is 0 Å². The molecule has 0 fully saturated rings. The lowest BCUT2D eigenvalue weighted by atomic mass is 10.1. The van der Waals surface area contributed by atoms with E-state index < -0.39 is 5.63 Å². The third-order valence-electron chi connectivity index (χ3n) is 2.81. The van der Waals surface area contributed by atoms with Crippen molar-refractivity contribution < 1.29 is 9.21 Å². The van der Waals surface area contributed by atoms with Gasteiger partial charge in [0.15, 0.2) is 0 Å². The van der Waals surface area contributed by atoms with E-state index in [4.69, 9.17) is 4.42 Å². The Bertz CT molecular complexity index is 806. The minimum absolute atomic E-state index is 0.275. The highest BCUT2D eigenvalue weighted by Gasteiger charge is 2.08. The molecule has 0 bridgehead atoms. The molecule has 0 saturated carbocycles. The minimum Gasteiger partial charge on any atom is -0.403 e. The summed E-state index contributed by atoms with van der Waals surface area (Å²) in [6, 6.07) is 13.9. The highest BCUT2D eigenvalue weighted by molar-refractivity contribution is 5.86. The molecule has 3 rings (SSSR count). The van der Waals surface area contributed by atoms with E-state index in [1.807, 2.05) is 30.3 Å². The number of hydrogen-bond acceptors (Lipinski definition) is 4. The standard InChI is InChI=1S/C15H9NO3/c17-9-10-6-7-13-12(8-10)15(18)19-14(16-13)11-4-2-1-3-5-11/h1-9H. The Kier molecular flexibility index (Phi) is 2.68. The first-order valence-corrected chi connectivity index (χ1v) is 5.73. The van der Waals surface area contributed by atoms with Crippen LogP contribution in [-0.2, 0) is 0 Å². The zero-order valence-corrected chi connectivity index (χ0v) is 9.87. The SMILES string of the molecule is O=Cc1ccc2nc(-c3ccccc3)oc(=O)c2c1. The van der Waals surface area contributed by atoms with Crippen LogP contribution >= 0.6 is 0 Å². The molecule has 0 aliphatic carbocycles. The number of carbonyl (C=O) groups excluding carboxylic acids is 1. The number of nitrogens with zero attached hydrogens (tertiary/aromatic N) is 1. The number of aromatic nitrogens is 1. The van der Waals surface area contributed by atoms with E-state index in [0.29, 0.717) is 22.8 Å². The smallest absolute Gasteiger partial charge is 0.347 e. The van der Waals surface area contributed by atoms with E-state index in [1.165, 1.54) is 6.07 Å². The van der Waals surface area contributed by atoms with Crippen molar-refractivity contribution >= 4 is 17.2 Å². The van der Waals surface area contributed by atoms with Crippen molar-refractivity contribution in [2.24, 2.45) is 0 Å². The van der Waals surface area contributed by atoms with Crippen LogP contribution in [0.25, 0.3) is 22.4 Å². The van der Waals surface area contributed by atoms with Crippen LogP contribution in [0.1, 0.15) is 10.4 Å². The summed E-state index contributed by atoms with van der Waals surface area (Å²) in [5.74, 6) is 0.275. The third-order valence-corrected chi connectivity index (χ3v) is 2.81. The summed E-state index contributed by atoms with van der Waals surface area (Å²) in [7, 11) is 0. The number of carbonyl (C=O) groups is 1. The lowest BCUT2D eigenvalue weighted by molar-refractivity contribution is 0.112. The van der Waals surface area contributed by atoms with Crippen LogP contribution < -0.4 is 5.63 Å². The van der Waals surface area contributed by atoms with Crippen LogP contribution in [0.15, 0.2) is 57.7 Å². The molecule has 1 aromatic heterocycles. The second-order valence-corrected chi connectivity index (χ2v) is 4.07. The lowest BCUT2D eigenvalue weighted by Crippen LogP contribution is -2.03. The molecule has 3 aromatic rings. The first-order valence-electron chi connectivity index (χ1n) is 5.73. The van der Waals surface area contributed by atoms with E-state index in [9.17, 15) is 9.59 Å². The van der Waals surface area contributed by atoms with Gasteiger partial charge in [0.2, 0.25) is 5.89 Å². The molecule has 4 heteroatoms. The zero-order chi connectivity index (χ0) is 13.2. The molecule has 0 N–H and O–H groups in total. The van der Waals surface area contributed by atoms with Gasteiger partial charge in [-0.2, -0.15) is 0 Å². The maximum atomic E-state index is 11.9. The van der Waals surface area contributed by atoms with E-state index in [-0.39, 0.29) is 5.89 Å². The summed E-state index contributed by atoms with van der Waals surface area (Å²) in [4.78, 5) is 26.9. The van der Waals surface area contributed by atoms with Crippen molar-refractivity contribution in [3.05, 3.63) is 64.5 Å². The monoisotopic (exact) mass is 251 g/mol. The van der Waals surface area contributed by atoms with Gasteiger partial charge in [0, 0.05) is 11.1 Å². The molecule has 19 heavy (non-hydrogen) atoms. The predicted octanol–water partition coefficient (Wildman–Crippen LogP) is 2.67. The average molecular weight is 251 g/mol. The summed E-state index contributed by atoms with van der Waals surface area (Å²) in [5.41, 5.74) is 1.18. The van der Waals surface area contributed by atoms with Gasteiger partial charge in [-0.1, -0.05) is 18.2 Å². The number of hydrogen-bond donors (Lipinski definition) is 0. The molecule has 0 atom stereocenters. The third kappa shape index (κ3) is 2.04. The highest BCUT2D eigenvalue weighted by atomic mass is 16.4. The van der Waals surface area contributed by atoms with Gasteiger partial charge in [-0.25, -0.2) is 9.78 Å². The van der Waals surface area contributed by atoms with Crippen LogP contribution in [0.2, 0.25) is 0 Å². The molecule has 0 aliphatic heterocycles. The second-order valence-electron chi connectivity index (χ2n) is 4.07. The normalized spacial score (nSPS) is 10.5. The van der Waals surface area contributed by atoms with Gasteiger partial charge in [-0.3, -0.25) is 4.79 Å². The Morgan fingerprint density at radius 3 is 2.58 bits per heavy atom. The van der Waals surface area contributed by atoms with E-state index >= 15 is 0 Å². The summed E-state index contributed by atoms with van der Waals surface area (Å²) in [5, 5.41) is 0.310. The Morgan fingerprint density at radius 2 is 1.84 bits per heavy atom. The van der Waals surface area contributed by atoms with Crippen LogP contribution in [0, 0.1) is 0 Å². The van der Waals surface area contributed by atoms with Gasteiger partial charge in [0.1, 0.15) is 6.29 Å². The van der Waals surface area contributed by atoms with Gasteiger partial charge >= 0.3 is 5.63 Å². The molecule has 2 aromatic carbocycles. The summed E-state index contributed by atoms with van der Waals surface area (Å²) >= 11 is 0. The van der Waals surface area contributed by atoms with Gasteiger partial charge in [0.05, 0.1) is 10.9 Å². The quantitative estimate of drug-likeness (QED) is 0.657. The first kappa shape index (κ1) is 11.3. The summed E-state index contributed by atoms with van der Waals surface area (Å²) in [6.07, 6.45) is 0.685. The average Bonchev–Trinajstić information content (AvgIpc) is 2.48. The van der Waals surface area contributed by atoms with Crippen LogP contribution in [0.5, 0.6) is 0 Å². The predicted molar refractivity (Wildman–Crippen MR) is 71.1 cm³/mol. The number of benzene rings is 2. The Hall–Kier alpha value is -2.75. The number of rotatable bonds is 2. The van der Waals surface area contributed by atoms with Crippen LogP contribution in [0.3, 0.4) is 0 Å². The van der Waals surface area contributed by atoms with Crippen LogP contribution in [0.4, 0.5) is 0 Å². The molecule has 1 heterocycles. The number of aldehydes is 1. The molecule has 0 saturated heterocycles. The second kappa shape index (κ2) is 4.49. The van der Waals surface area contributed by atoms with Crippen LogP contribution in [-0.4, -0.2) is 11.3 Å². The van der Waals surface area contributed by atoms with Crippen molar-refractivity contribution in [1.82, 2.24) is 4.98 Å². The fraction of sp³-hybridized carbons (Fsp3) is 0. The molecule has 0 radical (unpaired) electrons. The summed E-state index contributed by atoms with van der Waals surface area (Å²) < 4.78 is 5.19. The Labute approximate surface area is 108 Å². The zero-order valence-electron chi connectivity index (χ0n) is 9.87. The maximum Gasteiger partial charge on any atom is 0.347 e. The molecule has 0 amide bonds. The topological polar surface area (TPSA) is 60.2 Å². The van der Waals surface area contributed by atoms with E-state index in [0.717, 1.165) is 5.56 Å². The van der Waals surface area contributed by atoms with Crippen molar-refractivity contribution in [3.63, 3.8) is 0 Å². The van der Waals surface area contributed by atoms with Crippen molar-refractivity contribution in [3.8, 4) is 11.5 Å². The fourth-order valence-corrected chi connectivity index (χ4v) is 1.87. The Balaban J connectivity index is 2.26. The van der Waals surface area contributed by atoms with E-state index in [1.54, 1.807) is 12.1 Å². The Morgan fingerprint density at radius 1 is 1.05 bits per heavy atom. The number of fused-ring (bicyclic) bond motifs is 1.